The summed E-state index contributed by atoms with van der Waals surface area (Å²) in [4.78, 5) is 22.6. The quantitative estimate of drug-likeness (QED) is 0.419. The van der Waals surface area contributed by atoms with Crippen molar-refractivity contribution in [2.24, 2.45) is 0 Å². The predicted molar refractivity (Wildman–Crippen MR) is 60.5 cm³/mol. The van der Waals surface area contributed by atoms with Crippen LogP contribution in [0.4, 0.5) is 0 Å². The first-order valence-corrected chi connectivity index (χ1v) is 5.10. The summed E-state index contributed by atoms with van der Waals surface area (Å²) >= 11 is 0. The monoisotopic (exact) mass is 226 g/mol. The lowest BCUT2D eigenvalue weighted by molar-refractivity contribution is -0.178. The summed E-state index contributed by atoms with van der Waals surface area (Å²) in [5.74, 6) is -0.970. The zero-order valence-electron chi connectivity index (χ0n) is 10.4. The van der Waals surface area contributed by atoms with Gasteiger partial charge >= 0.3 is 11.9 Å². The van der Waals surface area contributed by atoms with E-state index in [1.807, 2.05) is 0 Å². The van der Waals surface area contributed by atoms with E-state index in [1.165, 1.54) is 6.92 Å². The van der Waals surface area contributed by atoms with Crippen molar-refractivity contribution in [1.29, 1.82) is 0 Å². The van der Waals surface area contributed by atoms with E-state index in [4.69, 9.17) is 9.47 Å². The molecule has 0 aliphatic heterocycles. The Morgan fingerprint density at radius 2 is 1.25 bits per heavy atom. The van der Waals surface area contributed by atoms with Crippen molar-refractivity contribution in [2.75, 3.05) is 0 Å². The van der Waals surface area contributed by atoms with E-state index in [-0.39, 0.29) is 0 Å². The van der Waals surface area contributed by atoms with E-state index in [2.05, 4.69) is 0 Å². The fraction of sp³-hybridized carbons (Fsp3) is 0.500. The summed E-state index contributed by atoms with van der Waals surface area (Å²) in [6, 6.07) is 0. The van der Waals surface area contributed by atoms with Gasteiger partial charge in [-0.25, -0.2) is 9.59 Å². The molecule has 0 bridgehead atoms. The molecule has 0 aliphatic rings. The standard InChI is InChI=1S/C12H18O4/c1-6-8(3)11(13)15-10(5)16-12(14)9(4)7-2/h6-7,10H,1-5H3. The van der Waals surface area contributed by atoms with Crippen LogP contribution in [0, 0.1) is 0 Å². The van der Waals surface area contributed by atoms with Gasteiger partial charge in [-0.15, -0.1) is 0 Å². The van der Waals surface area contributed by atoms with Gasteiger partial charge in [-0.1, -0.05) is 12.2 Å². The topological polar surface area (TPSA) is 52.6 Å². The largest absolute Gasteiger partial charge is 0.422 e. The minimum atomic E-state index is -0.884. The second kappa shape index (κ2) is 6.82. The molecule has 0 aromatic rings. The van der Waals surface area contributed by atoms with E-state index >= 15 is 0 Å². The van der Waals surface area contributed by atoms with Gasteiger partial charge in [0.15, 0.2) is 0 Å². The molecule has 16 heavy (non-hydrogen) atoms. The van der Waals surface area contributed by atoms with Crippen LogP contribution in [0.2, 0.25) is 0 Å². The van der Waals surface area contributed by atoms with E-state index in [1.54, 1.807) is 39.8 Å². The molecule has 4 nitrogen and oxygen atoms in total. The smallest absolute Gasteiger partial charge is 0.336 e. The summed E-state index contributed by atoms with van der Waals surface area (Å²) in [6.07, 6.45) is 2.38. The third-order valence-electron chi connectivity index (χ3n) is 2.06. The van der Waals surface area contributed by atoms with Gasteiger partial charge < -0.3 is 9.47 Å². The van der Waals surface area contributed by atoms with Crippen molar-refractivity contribution < 1.29 is 19.1 Å². The maximum atomic E-state index is 11.3. The lowest BCUT2D eigenvalue weighted by atomic mass is 10.3. The summed E-state index contributed by atoms with van der Waals surface area (Å²) in [5, 5.41) is 0. The molecule has 90 valence electrons. The van der Waals surface area contributed by atoms with E-state index < -0.39 is 18.2 Å². The molecule has 0 saturated heterocycles. The average Bonchev–Trinajstić information content (AvgIpc) is 2.26. The first-order chi connectivity index (χ1) is 7.42. The highest BCUT2D eigenvalue weighted by Gasteiger charge is 2.15. The normalized spacial score (nSPS) is 14.3. The van der Waals surface area contributed by atoms with Crippen LogP contribution in [0.3, 0.4) is 0 Å². The van der Waals surface area contributed by atoms with Crippen molar-refractivity contribution in [3.8, 4) is 0 Å². The van der Waals surface area contributed by atoms with Crippen molar-refractivity contribution in [1.82, 2.24) is 0 Å². The minimum Gasteiger partial charge on any atom is -0.422 e. The summed E-state index contributed by atoms with van der Waals surface area (Å²) in [7, 11) is 0. The van der Waals surface area contributed by atoms with Crippen LogP contribution in [0.5, 0.6) is 0 Å². The molecule has 0 aromatic heterocycles. The van der Waals surface area contributed by atoms with Crippen LogP contribution >= 0.6 is 0 Å². The van der Waals surface area contributed by atoms with Gasteiger partial charge in [0, 0.05) is 18.1 Å². The molecule has 0 saturated carbocycles. The summed E-state index contributed by atoms with van der Waals surface area (Å²) in [5.41, 5.74) is 0.955. The highest BCUT2D eigenvalue weighted by atomic mass is 16.7. The molecule has 0 atom stereocenters. The maximum Gasteiger partial charge on any atom is 0.336 e. The van der Waals surface area contributed by atoms with E-state index in [0.29, 0.717) is 11.1 Å². The molecule has 0 N–H and O–H groups in total. The molecular weight excluding hydrogens is 208 g/mol. The van der Waals surface area contributed by atoms with Gasteiger partial charge in [-0.2, -0.15) is 0 Å². The van der Waals surface area contributed by atoms with Crippen LogP contribution in [-0.4, -0.2) is 18.2 Å². The molecule has 0 aliphatic carbocycles. The zero-order valence-corrected chi connectivity index (χ0v) is 10.4. The average molecular weight is 226 g/mol. The van der Waals surface area contributed by atoms with Crippen molar-refractivity contribution >= 4 is 11.9 Å². The van der Waals surface area contributed by atoms with Crippen LogP contribution in [-0.2, 0) is 19.1 Å². The van der Waals surface area contributed by atoms with Crippen LogP contribution < -0.4 is 0 Å². The zero-order chi connectivity index (χ0) is 12.7. The number of esters is 2. The lowest BCUT2D eigenvalue weighted by Gasteiger charge is -2.14. The number of carbonyl (C=O) groups excluding carboxylic acids is 2. The number of hydrogen-bond donors (Lipinski definition) is 0. The Labute approximate surface area is 95.9 Å². The van der Waals surface area contributed by atoms with E-state index in [9.17, 15) is 9.59 Å². The van der Waals surface area contributed by atoms with Crippen LogP contribution in [0.1, 0.15) is 34.6 Å². The van der Waals surface area contributed by atoms with Gasteiger partial charge in [0.05, 0.1) is 0 Å². The maximum absolute atomic E-state index is 11.3. The molecule has 0 fully saturated rings. The summed E-state index contributed by atoms with van der Waals surface area (Å²) in [6.45, 7) is 8.23. The Kier molecular flexibility index (Phi) is 6.15. The molecule has 4 heteroatoms. The third kappa shape index (κ3) is 4.77. The molecular formula is C12H18O4. The fourth-order valence-corrected chi connectivity index (χ4v) is 0.747. The SMILES string of the molecule is CC=C(C)C(=O)OC(C)OC(=O)C(C)=CC. The van der Waals surface area contributed by atoms with Gasteiger partial charge in [0.25, 0.3) is 0 Å². The highest BCUT2D eigenvalue weighted by molar-refractivity contribution is 5.89. The van der Waals surface area contributed by atoms with Crippen molar-refractivity contribution in [2.45, 2.75) is 40.9 Å². The molecule has 0 amide bonds. The second-order valence-corrected chi connectivity index (χ2v) is 3.32. The molecule has 0 aromatic carbocycles. The molecule has 0 spiro atoms. The molecule has 0 heterocycles. The second-order valence-electron chi connectivity index (χ2n) is 3.32. The molecule has 0 unspecified atom stereocenters. The number of ether oxygens (including phenoxy) is 2. The van der Waals surface area contributed by atoms with Crippen molar-refractivity contribution in [3.63, 3.8) is 0 Å². The first-order valence-electron chi connectivity index (χ1n) is 5.10. The Morgan fingerprint density at radius 3 is 1.50 bits per heavy atom. The van der Waals surface area contributed by atoms with Crippen LogP contribution in [0.15, 0.2) is 23.3 Å². The highest BCUT2D eigenvalue weighted by Crippen LogP contribution is 2.05. The number of rotatable bonds is 4. The number of allylic oxidation sites excluding steroid dienone is 2. The fourth-order valence-electron chi connectivity index (χ4n) is 0.747. The van der Waals surface area contributed by atoms with Crippen LogP contribution in [0.25, 0.3) is 0 Å². The lowest BCUT2D eigenvalue weighted by Crippen LogP contribution is -2.22. The Hall–Kier alpha value is -1.58. The number of carbonyl (C=O) groups is 2. The molecule has 0 rings (SSSR count). The minimum absolute atomic E-state index is 0.477. The Morgan fingerprint density at radius 1 is 0.938 bits per heavy atom. The van der Waals surface area contributed by atoms with Gasteiger partial charge in [-0.05, 0) is 27.7 Å². The van der Waals surface area contributed by atoms with Gasteiger partial charge in [0.2, 0.25) is 6.29 Å². The summed E-state index contributed by atoms with van der Waals surface area (Å²) < 4.78 is 9.78. The van der Waals surface area contributed by atoms with Crippen molar-refractivity contribution in [3.05, 3.63) is 23.3 Å². The van der Waals surface area contributed by atoms with E-state index in [0.717, 1.165) is 0 Å². The molecule has 0 radical (unpaired) electrons. The Balaban J connectivity index is 4.25. The first kappa shape index (κ1) is 14.4. The Bertz CT molecular complexity index is 294. The van der Waals surface area contributed by atoms with Gasteiger partial charge in [0.1, 0.15) is 0 Å². The van der Waals surface area contributed by atoms with Gasteiger partial charge in [-0.3, -0.25) is 0 Å². The third-order valence-corrected chi connectivity index (χ3v) is 2.06. The number of hydrogen-bond acceptors (Lipinski definition) is 4. The predicted octanol–water partition coefficient (Wildman–Crippen LogP) is 2.35.